The summed E-state index contributed by atoms with van der Waals surface area (Å²) in [6, 6.07) is 17.6. The van der Waals surface area contributed by atoms with Crippen LogP contribution in [0.2, 0.25) is 0 Å². The maximum absolute atomic E-state index is 4.89. The molecule has 1 atom stereocenters. The molecule has 4 rings (SSSR count). The van der Waals surface area contributed by atoms with E-state index in [4.69, 9.17) is 4.98 Å². The number of hydrogen-bond acceptors (Lipinski definition) is 3. The summed E-state index contributed by atoms with van der Waals surface area (Å²) in [7, 11) is 4.24. The zero-order valence-electron chi connectivity index (χ0n) is 16.1. The van der Waals surface area contributed by atoms with E-state index in [0.717, 1.165) is 17.8 Å². The van der Waals surface area contributed by atoms with E-state index in [-0.39, 0.29) is 0 Å². The lowest BCUT2D eigenvalue weighted by Crippen LogP contribution is -2.16. The van der Waals surface area contributed by atoms with Gasteiger partial charge in [-0.2, -0.15) is 0 Å². The molecule has 4 aromatic rings. The van der Waals surface area contributed by atoms with Gasteiger partial charge in [-0.05, 0) is 63.2 Å². The third-order valence-electron chi connectivity index (χ3n) is 5.25. The maximum atomic E-state index is 4.89. The zero-order chi connectivity index (χ0) is 18.8. The third-order valence-corrected chi connectivity index (χ3v) is 6.19. The van der Waals surface area contributed by atoms with Crippen molar-refractivity contribution in [2.24, 2.45) is 0 Å². The van der Waals surface area contributed by atoms with Gasteiger partial charge in [0, 0.05) is 34.1 Å². The molecule has 0 radical (unpaired) electrons. The molecule has 2 aromatic carbocycles. The molecule has 1 unspecified atom stereocenters. The Morgan fingerprint density at radius 1 is 1.07 bits per heavy atom. The van der Waals surface area contributed by atoms with Crippen LogP contribution < -0.4 is 0 Å². The van der Waals surface area contributed by atoms with Crippen LogP contribution >= 0.6 is 11.3 Å². The van der Waals surface area contributed by atoms with Crippen LogP contribution in [0.3, 0.4) is 0 Å². The van der Waals surface area contributed by atoms with E-state index in [1.54, 1.807) is 11.3 Å². The molecular weight excluding hydrogens is 350 g/mol. The SMILES string of the molecule is CC(c1c[nH]c2ccc(-c3nc(CCc4ccccc4)cs3)cc12)N(C)C. The smallest absolute Gasteiger partial charge is 0.123 e. The van der Waals surface area contributed by atoms with Gasteiger partial charge in [-0.3, -0.25) is 0 Å². The molecule has 0 aliphatic rings. The summed E-state index contributed by atoms with van der Waals surface area (Å²) in [5.74, 6) is 0. The van der Waals surface area contributed by atoms with Gasteiger partial charge < -0.3 is 9.88 Å². The number of nitrogens with zero attached hydrogens (tertiary/aromatic N) is 2. The highest BCUT2D eigenvalue weighted by Gasteiger charge is 2.14. The van der Waals surface area contributed by atoms with Crippen LogP contribution in [0, 0.1) is 0 Å². The second kappa shape index (κ2) is 7.67. The summed E-state index contributed by atoms with van der Waals surface area (Å²) < 4.78 is 0. The van der Waals surface area contributed by atoms with Crippen molar-refractivity contribution in [2.75, 3.05) is 14.1 Å². The average molecular weight is 376 g/mol. The fraction of sp³-hybridized carbons (Fsp3) is 0.261. The number of nitrogens with one attached hydrogen (secondary N) is 1. The van der Waals surface area contributed by atoms with Crippen LogP contribution in [0.4, 0.5) is 0 Å². The summed E-state index contributed by atoms with van der Waals surface area (Å²) in [4.78, 5) is 10.5. The van der Waals surface area contributed by atoms with Crippen molar-refractivity contribution in [1.82, 2.24) is 14.9 Å². The Balaban J connectivity index is 1.57. The van der Waals surface area contributed by atoms with Gasteiger partial charge in [0.1, 0.15) is 5.01 Å². The highest BCUT2D eigenvalue weighted by molar-refractivity contribution is 7.13. The normalized spacial score (nSPS) is 12.7. The number of aromatic amines is 1. The second-order valence-corrected chi connectivity index (χ2v) is 8.13. The van der Waals surface area contributed by atoms with E-state index < -0.39 is 0 Å². The second-order valence-electron chi connectivity index (χ2n) is 7.27. The number of aryl methyl sites for hydroxylation is 2. The topological polar surface area (TPSA) is 31.9 Å². The molecule has 3 nitrogen and oxygen atoms in total. The van der Waals surface area contributed by atoms with Crippen molar-refractivity contribution in [2.45, 2.75) is 25.8 Å². The third kappa shape index (κ3) is 3.82. The quantitative estimate of drug-likeness (QED) is 0.469. The van der Waals surface area contributed by atoms with Gasteiger partial charge in [-0.15, -0.1) is 11.3 Å². The summed E-state index contributed by atoms with van der Waals surface area (Å²) in [5.41, 5.74) is 6.25. The standard InChI is InChI=1S/C23H25N3S/c1-16(26(2)3)21-14-24-22-12-10-18(13-20(21)22)23-25-19(15-27-23)11-9-17-7-5-4-6-8-17/h4-8,10,12-16,24H,9,11H2,1-3H3. The lowest BCUT2D eigenvalue weighted by molar-refractivity contribution is 0.323. The molecule has 0 fully saturated rings. The van der Waals surface area contributed by atoms with Gasteiger partial charge in [0.15, 0.2) is 0 Å². The minimum absolute atomic E-state index is 0.367. The minimum atomic E-state index is 0.367. The molecule has 4 heteroatoms. The van der Waals surface area contributed by atoms with Gasteiger partial charge in [0.2, 0.25) is 0 Å². The molecular formula is C23H25N3S. The molecule has 0 amide bonds. The number of aromatic nitrogens is 2. The van der Waals surface area contributed by atoms with Gasteiger partial charge >= 0.3 is 0 Å². The number of rotatable bonds is 6. The van der Waals surface area contributed by atoms with Gasteiger partial charge in [-0.25, -0.2) is 4.98 Å². The molecule has 0 saturated heterocycles. The fourth-order valence-electron chi connectivity index (χ4n) is 3.37. The van der Waals surface area contributed by atoms with E-state index in [1.165, 1.54) is 33.3 Å². The Hall–Kier alpha value is -2.43. The Kier molecular flexibility index (Phi) is 5.10. The van der Waals surface area contributed by atoms with Crippen molar-refractivity contribution in [1.29, 1.82) is 0 Å². The average Bonchev–Trinajstić information content (AvgIpc) is 3.33. The van der Waals surface area contributed by atoms with Crippen molar-refractivity contribution in [3.05, 3.63) is 76.9 Å². The van der Waals surface area contributed by atoms with Crippen LogP contribution in [0.15, 0.2) is 60.1 Å². The molecule has 0 aliphatic heterocycles. The predicted molar refractivity (Wildman–Crippen MR) is 115 cm³/mol. The Bertz CT molecular complexity index is 1030. The summed E-state index contributed by atoms with van der Waals surface area (Å²) in [6.07, 6.45) is 4.15. The summed E-state index contributed by atoms with van der Waals surface area (Å²) >= 11 is 1.74. The van der Waals surface area contributed by atoms with Crippen LogP contribution in [-0.4, -0.2) is 29.0 Å². The Morgan fingerprint density at radius 2 is 1.89 bits per heavy atom. The molecule has 0 aliphatic carbocycles. The molecule has 2 aromatic heterocycles. The lowest BCUT2D eigenvalue weighted by Gasteiger charge is -2.19. The highest BCUT2D eigenvalue weighted by Crippen LogP contribution is 2.32. The highest BCUT2D eigenvalue weighted by atomic mass is 32.1. The molecule has 2 heterocycles. The summed E-state index contributed by atoms with van der Waals surface area (Å²) in [5, 5.41) is 4.59. The Labute approximate surface area is 164 Å². The van der Waals surface area contributed by atoms with Crippen molar-refractivity contribution >= 4 is 22.2 Å². The molecule has 138 valence electrons. The van der Waals surface area contributed by atoms with Gasteiger partial charge in [-0.1, -0.05) is 30.3 Å². The summed E-state index contributed by atoms with van der Waals surface area (Å²) in [6.45, 7) is 2.24. The van der Waals surface area contributed by atoms with E-state index in [0.29, 0.717) is 6.04 Å². The first kappa shape index (κ1) is 18.0. The largest absolute Gasteiger partial charge is 0.361 e. The van der Waals surface area contributed by atoms with E-state index >= 15 is 0 Å². The zero-order valence-corrected chi connectivity index (χ0v) is 16.9. The lowest BCUT2D eigenvalue weighted by atomic mass is 10.0. The van der Waals surface area contributed by atoms with Crippen molar-refractivity contribution in [3.63, 3.8) is 0 Å². The molecule has 1 N–H and O–H groups in total. The van der Waals surface area contributed by atoms with E-state index in [1.807, 2.05) is 0 Å². The van der Waals surface area contributed by atoms with E-state index in [2.05, 4.69) is 91.0 Å². The molecule has 27 heavy (non-hydrogen) atoms. The van der Waals surface area contributed by atoms with Crippen LogP contribution in [-0.2, 0) is 12.8 Å². The fourth-order valence-corrected chi connectivity index (χ4v) is 4.22. The van der Waals surface area contributed by atoms with Crippen molar-refractivity contribution in [3.8, 4) is 10.6 Å². The van der Waals surface area contributed by atoms with Crippen LogP contribution in [0.5, 0.6) is 0 Å². The maximum Gasteiger partial charge on any atom is 0.123 e. The first-order valence-electron chi connectivity index (χ1n) is 9.38. The molecule has 0 spiro atoms. The molecule has 0 bridgehead atoms. The van der Waals surface area contributed by atoms with E-state index in [9.17, 15) is 0 Å². The van der Waals surface area contributed by atoms with Crippen LogP contribution in [0.25, 0.3) is 21.5 Å². The first-order chi connectivity index (χ1) is 13.1. The number of hydrogen-bond donors (Lipinski definition) is 1. The van der Waals surface area contributed by atoms with Gasteiger partial charge in [0.25, 0.3) is 0 Å². The predicted octanol–water partition coefficient (Wildman–Crippen LogP) is 5.70. The minimum Gasteiger partial charge on any atom is -0.361 e. The van der Waals surface area contributed by atoms with Gasteiger partial charge in [0.05, 0.1) is 5.69 Å². The number of benzene rings is 2. The monoisotopic (exact) mass is 375 g/mol. The molecule has 0 saturated carbocycles. The number of thiazole rings is 1. The number of fused-ring (bicyclic) bond motifs is 1. The first-order valence-corrected chi connectivity index (χ1v) is 10.3. The van der Waals surface area contributed by atoms with Crippen molar-refractivity contribution < 1.29 is 0 Å². The van der Waals surface area contributed by atoms with Crippen LogP contribution in [0.1, 0.15) is 29.8 Å². The number of H-pyrrole nitrogens is 1. The Morgan fingerprint density at radius 3 is 2.67 bits per heavy atom.